The number of hydrogen-bond donors (Lipinski definition) is 1. The Hall–Kier alpha value is -3.33. The normalized spacial score (nSPS) is 12.5. The molecule has 0 saturated carbocycles. The van der Waals surface area contributed by atoms with Gasteiger partial charge in [-0.05, 0) is 55.2 Å². The molecular formula is C25H22F6N2O. The predicted molar refractivity (Wildman–Crippen MR) is 117 cm³/mol. The Morgan fingerprint density at radius 3 is 2.18 bits per heavy atom. The van der Waals surface area contributed by atoms with Crippen molar-refractivity contribution in [3.05, 3.63) is 99.9 Å². The molecule has 0 saturated heterocycles. The quantitative estimate of drug-likeness (QED) is 0.347. The average molecular weight is 480 g/mol. The topological polar surface area (TPSA) is 46.3 Å². The highest BCUT2D eigenvalue weighted by atomic mass is 19.4. The van der Waals surface area contributed by atoms with Crippen molar-refractivity contribution < 1.29 is 31.1 Å². The first-order valence-corrected chi connectivity index (χ1v) is 10.3. The van der Waals surface area contributed by atoms with Crippen LogP contribution in [0.25, 0.3) is 0 Å². The molecule has 3 aromatic rings. The fourth-order valence-electron chi connectivity index (χ4n) is 3.52. The Morgan fingerprint density at radius 2 is 1.59 bits per heavy atom. The number of hydrogen-bond acceptors (Lipinski definition) is 2. The van der Waals surface area contributed by atoms with Gasteiger partial charge in [-0.1, -0.05) is 36.4 Å². The summed E-state index contributed by atoms with van der Waals surface area (Å²) >= 11 is 0. The van der Waals surface area contributed by atoms with E-state index in [1.165, 1.54) is 4.90 Å². The maximum absolute atomic E-state index is 14.4. The number of carbonyl (C=O) groups excluding carboxylic acids is 1. The number of aryl methyl sites for hydroxylation is 2. The molecular weight excluding hydrogens is 458 g/mol. The average Bonchev–Trinajstić information content (AvgIpc) is 2.79. The van der Waals surface area contributed by atoms with Crippen LogP contribution in [0.15, 0.2) is 54.6 Å². The van der Waals surface area contributed by atoms with Crippen molar-refractivity contribution in [2.45, 2.75) is 32.5 Å². The van der Waals surface area contributed by atoms with Crippen molar-refractivity contribution in [3.8, 4) is 0 Å². The van der Waals surface area contributed by atoms with E-state index in [4.69, 9.17) is 5.73 Å². The molecule has 3 nitrogen and oxygen atoms in total. The molecule has 0 spiro atoms. The lowest BCUT2D eigenvalue weighted by Crippen LogP contribution is -2.40. The number of halogens is 6. The van der Waals surface area contributed by atoms with E-state index in [0.717, 1.165) is 11.1 Å². The zero-order valence-corrected chi connectivity index (χ0v) is 18.4. The monoisotopic (exact) mass is 480 g/mol. The third-order valence-corrected chi connectivity index (χ3v) is 5.64. The lowest BCUT2D eigenvalue weighted by Gasteiger charge is -2.27. The zero-order valence-electron chi connectivity index (χ0n) is 18.4. The van der Waals surface area contributed by atoms with Gasteiger partial charge in [-0.2, -0.15) is 13.2 Å². The van der Waals surface area contributed by atoms with Gasteiger partial charge < -0.3 is 10.6 Å². The summed E-state index contributed by atoms with van der Waals surface area (Å²) < 4.78 is 81.4. The summed E-state index contributed by atoms with van der Waals surface area (Å²) in [4.78, 5) is 14.5. The standard InChI is InChI=1S/C25H22F6N2O/c1-14-8-9-17(12-15(14)2)33(24(34)23(32)16-6-4-3-5-7-16)11-10-18-20(26)13-19(25(29,30)31)22(28)21(18)27/h3-9,12-13,23H,10-11,32H2,1-2H3/t23-/m0/s1. The van der Waals surface area contributed by atoms with E-state index in [2.05, 4.69) is 0 Å². The van der Waals surface area contributed by atoms with Gasteiger partial charge in [0.1, 0.15) is 11.9 Å². The van der Waals surface area contributed by atoms with Crippen molar-refractivity contribution in [3.63, 3.8) is 0 Å². The van der Waals surface area contributed by atoms with E-state index in [1.807, 2.05) is 13.8 Å². The molecule has 1 amide bonds. The largest absolute Gasteiger partial charge is 0.419 e. The van der Waals surface area contributed by atoms with Crippen molar-refractivity contribution in [2.75, 3.05) is 11.4 Å². The molecule has 3 rings (SSSR count). The molecule has 1 atom stereocenters. The molecule has 0 radical (unpaired) electrons. The van der Waals surface area contributed by atoms with Crippen LogP contribution in [0.1, 0.15) is 33.9 Å². The van der Waals surface area contributed by atoms with Crippen LogP contribution in [-0.2, 0) is 17.4 Å². The molecule has 0 aromatic heterocycles. The second-order valence-corrected chi connectivity index (χ2v) is 7.91. The highest BCUT2D eigenvalue weighted by Crippen LogP contribution is 2.34. The summed E-state index contributed by atoms with van der Waals surface area (Å²) in [5.41, 5.74) is 5.88. The summed E-state index contributed by atoms with van der Waals surface area (Å²) in [5.74, 6) is -6.27. The molecule has 2 N–H and O–H groups in total. The number of nitrogens with two attached hydrogens (primary N) is 1. The van der Waals surface area contributed by atoms with Gasteiger partial charge in [0.05, 0.1) is 5.56 Å². The molecule has 0 aliphatic carbocycles. The van der Waals surface area contributed by atoms with E-state index in [1.54, 1.807) is 48.5 Å². The second-order valence-electron chi connectivity index (χ2n) is 7.91. The van der Waals surface area contributed by atoms with Gasteiger partial charge in [0.2, 0.25) is 5.91 Å². The first kappa shape index (κ1) is 25.3. The van der Waals surface area contributed by atoms with Crippen LogP contribution < -0.4 is 10.6 Å². The fourth-order valence-corrected chi connectivity index (χ4v) is 3.52. The molecule has 0 unspecified atom stereocenters. The van der Waals surface area contributed by atoms with Gasteiger partial charge in [0.25, 0.3) is 0 Å². The number of amides is 1. The van der Waals surface area contributed by atoms with Crippen LogP contribution in [0.4, 0.5) is 32.0 Å². The Kier molecular flexibility index (Phi) is 7.35. The Morgan fingerprint density at radius 1 is 0.941 bits per heavy atom. The molecule has 180 valence electrons. The van der Waals surface area contributed by atoms with E-state index < -0.39 is 53.1 Å². The number of benzene rings is 3. The lowest BCUT2D eigenvalue weighted by atomic mass is 10.0. The molecule has 9 heteroatoms. The minimum atomic E-state index is -5.26. The fraction of sp³-hybridized carbons (Fsp3) is 0.240. The van der Waals surface area contributed by atoms with E-state index >= 15 is 0 Å². The molecule has 0 fully saturated rings. The van der Waals surface area contributed by atoms with Crippen molar-refractivity contribution >= 4 is 11.6 Å². The summed E-state index contributed by atoms with van der Waals surface area (Å²) in [5, 5.41) is 0. The molecule has 0 aliphatic heterocycles. The van der Waals surface area contributed by atoms with E-state index in [0.29, 0.717) is 11.3 Å². The van der Waals surface area contributed by atoms with Crippen LogP contribution in [0.5, 0.6) is 0 Å². The number of anilines is 1. The highest BCUT2D eigenvalue weighted by Gasteiger charge is 2.37. The van der Waals surface area contributed by atoms with Crippen LogP contribution in [-0.4, -0.2) is 12.5 Å². The number of alkyl halides is 3. The minimum absolute atomic E-state index is 0.0777. The van der Waals surface area contributed by atoms with E-state index in [9.17, 15) is 31.1 Å². The molecule has 34 heavy (non-hydrogen) atoms. The number of nitrogens with zero attached hydrogens (tertiary/aromatic N) is 1. The third-order valence-electron chi connectivity index (χ3n) is 5.64. The minimum Gasteiger partial charge on any atom is -0.316 e. The molecule has 0 bridgehead atoms. The van der Waals surface area contributed by atoms with Gasteiger partial charge in [0.15, 0.2) is 11.6 Å². The summed E-state index contributed by atoms with van der Waals surface area (Å²) in [6.45, 7) is 3.32. The Balaban J connectivity index is 1.98. The van der Waals surface area contributed by atoms with Crippen LogP contribution in [0.3, 0.4) is 0 Å². The van der Waals surface area contributed by atoms with Crippen molar-refractivity contribution in [2.24, 2.45) is 5.73 Å². The van der Waals surface area contributed by atoms with E-state index in [-0.39, 0.29) is 12.6 Å². The predicted octanol–water partition coefficient (Wildman–Crippen LogP) is 6.02. The van der Waals surface area contributed by atoms with Gasteiger partial charge in [-0.15, -0.1) is 0 Å². The summed E-state index contributed by atoms with van der Waals surface area (Å²) in [6.07, 6.45) is -5.83. The molecule has 3 aromatic carbocycles. The smallest absolute Gasteiger partial charge is 0.316 e. The third kappa shape index (κ3) is 5.25. The Labute approximate surface area is 192 Å². The van der Waals surface area contributed by atoms with Crippen molar-refractivity contribution in [1.29, 1.82) is 0 Å². The summed E-state index contributed by atoms with van der Waals surface area (Å²) in [7, 11) is 0. The van der Waals surface area contributed by atoms with Gasteiger partial charge in [0, 0.05) is 17.8 Å². The Bertz CT molecular complexity index is 1190. The number of rotatable bonds is 6. The van der Waals surface area contributed by atoms with Crippen molar-refractivity contribution in [1.82, 2.24) is 0 Å². The van der Waals surface area contributed by atoms with Crippen LogP contribution in [0, 0.1) is 31.3 Å². The lowest BCUT2D eigenvalue weighted by molar-refractivity contribution is -0.140. The second kappa shape index (κ2) is 9.89. The van der Waals surface area contributed by atoms with Gasteiger partial charge >= 0.3 is 6.18 Å². The van der Waals surface area contributed by atoms with Gasteiger partial charge in [-0.25, -0.2) is 13.2 Å². The first-order chi connectivity index (χ1) is 15.9. The van der Waals surface area contributed by atoms with Gasteiger partial charge in [-0.3, -0.25) is 4.79 Å². The molecule has 0 heterocycles. The molecule has 0 aliphatic rings. The highest BCUT2D eigenvalue weighted by molar-refractivity contribution is 5.97. The first-order valence-electron chi connectivity index (χ1n) is 10.3. The SMILES string of the molecule is Cc1ccc(N(CCc2c(F)cc(C(F)(F)F)c(F)c2F)C(=O)[C@@H](N)c2ccccc2)cc1C. The zero-order chi connectivity index (χ0) is 25.2. The maximum atomic E-state index is 14.4. The van der Waals surface area contributed by atoms with Crippen LogP contribution in [0.2, 0.25) is 0 Å². The van der Waals surface area contributed by atoms with Crippen LogP contribution >= 0.6 is 0 Å². The maximum Gasteiger partial charge on any atom is 0.419 e. The number of carbonyl (C=O) groups is 1. The summed E-state index contributed by atoms with van der Waals surface area (Å²) in [6, 6.07) is 12.3.